The van der Waals surface area contributed by atoms with Crippen LogP contribution in [0.1, 0.15) is 45.9 Å². The predicted octanol–water partition coefficient (Wildman–Crippen LogP) is 3.39. The van der Waals surface area contributed by atoms with Gasteiger partial charge in [0, 0.05) is 6.20 Å². The molecule has 0 spiro atoms. The second kappa shape index (κ2) is 8.44. The van der Waals surface area contributed by atoms with Crippen molar-refractivity contribution in [2.75, 3.05) is 0 Å². The van der Waals surface area contributed by atoms with E-state index < -0.39 is 0 Å². The molecule has 1 aliphatic rings. The maximum Gasteiger partial charge on any atom is 0.142 e. The third-order valence-corrected chi connectivity index (χ3v) is 1.92. The van der Waals surface area contributed by atoms with Crippen molar-refractivity contribution < 1.29 is 4.52 Å². The van der Waals surface area contributed by atoms with Crippen LogP contribution in [0.2, 0.25) is 0 Å². The lowest BCUT2D eigenvalue weighted by Crippen LogP contribution is -2.28. The highest BCUT2D eigenvalue weighted by Gasteiger charge is 2.10. The second-order valence-corrected chi connectivity index (χ2v) is 3.01. The van der Waals surface area contributed by atoms with Crippen molar-refractivity contribution in [1.29, 1.82) is 0 Å². The van der Waals surface area contributed by atoms with Crippen molar-refractivity contribution in [3.63, 3.8) is 0 Å². The molecule has 0 fully saturated rings. The molecule has 0 atom stereocenters. The minimum atomic E-state index is 0.815. The number of nitrogens with one attached hydrogen (secondary N) is 2. The van der Waals surface area contributed by atoms with E-state index in [0.29, 0.717) is 0 Å². The molecule has 0 unspecified atom stereocenters. The molecule has 0 saturated carbocycles. The van der Waals surface area contributed by atoms with E-state index in [0.717, 1.165) is 22.6 Å². The molecule has 96 valence electrons. The average molecular weight is 237 g/mol. The first-order valence-electron chi connectivity index (χ1n) is 6.09. The van der Waals surface area contributed by atoms with Crippen LogP contribution < -0.4 is 10.9 Å². The zero-order valence-electron chi connectivity index (χ0n) is 11.6. The molecule has 1 aliphatic heterocycles. The zero-order chi connectivity index (χ0) is 13.3. The first kappa shape index (κ1) is 15.3. The normalized spacial score (nSPS) is 12.6. The Labute approximate surface area is 104 Å². The van der Waals surface area contributed by atoms with Gasteiger partial charge in [-0.3, -0.25) is 0 Å². The van der Waals surface area contributed by atoms with Crippen LogP contribution in [0.4, 0.5) is 0 Å². The van der Waals surface area contributed by atoms with E-state index in [4.69, 9.17) is 4.52 Å². The Kier molecular flexibility index (Phi) is 7.59. The first-order valence-corrected chi connectivity index (χ1v) is 6.09. The molecular weight excluding hydrogens is 214 g/mol. The van der Waals surface area contributed by atoms with E-state index in [1.54, 1.807) is 6.20 Å². The number of hydrazine groups is 1. The van der Waals surface area contributed by atoms with Crippen LogP contribution >= 0.6 is 0 Å². The molecule has 17 heavy (non-hydrogen) atoms. The lowest BCUT2D eigenvalue weighted by atomic mass is 10.1. The first-order chi connectivity index (χ1) is 8.27. The fourth-order valence-electron chi connectivity index (χ4n) is 1.24. The van der Waals surface area contributed by atoms with Gasteiger partial charge in [-0.2, -0.15) is 0 Å². The molecule has 2 N–H and O–H groups in total. The minimum absolute atomic E-state index is 0.815. The van der Waals surface area contributed by atoms with Crippen LogP contribution in [0, 0.1) is 6.92 Å². The van der Waals surface area contributed by atoms with Gasteiger partial charge in [0.15, 0.2) is 0 Å². The molecule has 0 aromatic carbocycles. The van der Waals surface area contributed by atoms with Crippen molar-refractivity contribution >= 4 is 5.70 Å². The molecule has 4 heteroatoms. The van der Waals surface area contributed by atoms with Gasteiger partial charge >= 0.3 is 0 Å². The highest BCUT2D eigenvalue weighted by molar-refractivity contribution is 5.67. The van der Waals surface area contributed by atoms with Crippen molar-refractivity contribution in [1.82, 2.24) is 16.0 Å². The molecule has 0 bridgehead atoms. The van der Waals surface area contributed by atoms with Gasteiger partial charge in [-0.1, -0.05) is 32.9 Å². The summed E-state index contributed by atoms with van der Waals surface area (Å²) in [6, 6.07) is 0. The second-order valence-electron chi connectivity index (χ2n) is 3.01. The maximum absolute atomic E-state index is 4.97. The fraction of sp³-hybridized carbons (Fsp3) is 0.462. The number of aryl methyl sites for hydroxylation is 1. The summed E-state index contributed by atoms with van der Waals surface area (Å²) >= 11 is 0. The number of rotatable bonds is 1. The number of allylic oxidation sites excluding steroid dienone is 2. The van der Waals surface area contributed by atoms with E-state index in [1.165, 1.54) is 0 Å². The number of nitrogens with zero attached hydrogens (tertiary/aromatic N) is 1. The van der Waals surface area contributed by atoms with Gasteiger partial charge < -0.3 is 15.4 Å². The molecule has 0 aliphatic carbocycles. The summed E-state index contributed by atoms with van der Waals surface area (Å²) in [6.07, 6.45) is 5.64. The smallest absolute Gasteiger partial charge is 0.142 e. The van der Waals surface area contributed by atoms with E-state index in [-0.39, 0.29) is 0 Å². The summed E-state index contributed by atoms with van der Waals surface area (Å²) in [7, 11) is 0. The molecule has 4 nitrogen and oxygen atoms in total. The highest BCUT2D eigenvalue weighted by Crippen LogP contribution is 2.18. The van der Waals surface area contributed by atoms with Crippen LogP contribution in [0.15, 0.2) is 28.6 Å². The number of hydrogen-bond donors (Lipinski definition) is 2. The number of aromatic nitrogens is 1. The number of hydrogen-bond acceptors (Lipinski definition) is 4. The summed E-state index contributed by atoms with van der Waals surface area (Å²) in [5.41, 5.74) is 9.11. The van der Waals surface area contributed by atoms with Crippen LogP contribution in [-0.2, 0) is 0 Å². The Bertz CT molecular complexity index is 378. The molecular formula is C13H23N3O. The van der Waals surface area contributed by atoms with E-state index in [1.807, 2.05) is 53.8 Å². The molecule has 0 radical (unpaired) electrons. The van der Waals surface area contributed by atoms with E-state index in [9.17, 15) is 0 Å². The zero-order valence-corrected chi connectivity index (χ0v) is 11.6. The van der Waals surface area contributed by atoms with Crippen LogP contribution in [-0.4, -0.2) is 5.16 Å². The molecule has 0 amide bonds. The van der Waals surface area contributed by atoms with Gasteiger partial charge in [0.1, 0.15) is 5.76 Å². The molecule has 1 aromatic heterocycles. The Morgan fingerprint density at radius 2 is 1.76 bits per heavy atom. The lowest BCUT2D eigenvalue weighted by molar-refractivity contribution is 0.397. The van der Waals surface area contributed by atoms with Crippen molar-refractivity contribution in [2.45, 2.75) is 41.5 Å². The van der Waals surface area contributed by atoms with Crippen LogP contribution in [0.3, 0.4) is 0 Å². The SMILES string of the molecule is CC.CC.CC1=CNNC(c2cnoc2C)=C1. The van der Waals surface area contributed by atoms with Gasteiger partial charge in [-0.15, -0.1) is 0 Å². The molecule has 0 saturated heterocycles. The topological polar surface area (TPSA) is 50.1 Å². The van der Waals surface area contributed by atoms with Gasteiger partial charge in [-0.05, 0) is 25.5 Å². The van der Waals surface area contributed by atoms with E-state index >= 15 is 0 Å². The van der Waals surface area contributed by atoms with Crippen molar-refractivity contribution in [2.24, 2.45) is 0 Å². The maximum atomic E-state index is 4.97. The largest absolute Gasteiger partial charge is 0.361 e. The van der Waals surface area contributed by atoms with Gasteiger partial charge in [-0.25, -0.2) is 0 Å². The summed E-state index contributed by atoms with van der Waals surface area (Å²) in [6.45, 7) is 11.9. The highest BCUT2D eigenvalue weighted by atomic mass is 16.5. The average Bonchev–Trinajstić information content (AvgIpc) is 2.81. The van der Waals surface area contributed by atoms with Gasteiger partial charge in [0.25, 0.3) is 0 Å². The fourth-order valence-corrected chi connectivity index (χ4v) is 1.24. The summed E-state index contributed by atoms with van der Waals surface area (Å²) in [5, 5.41) is 3.72. The van der Waals surface area contributed by atoms with Crippen molar-refractivity contribution in [3.05, 3.63) is 35.4 Å². The lowest BCUT2D eigenvalue weighted by Gasteiger charge is -2.14. The van der Waals surface area contributed by atoms with Gasteiger partial charge in [0.2, 0.25) is 0 Å². The van der Waals surface area contributed by atoms with Gasteiger partial charge in [0.05, 0.1) is 17.5 Å². The summed E-state index contributed by atoms with van der Waals surface area (Å²) in [4.78, 5) is 0. The van der Waals surface area contributed by atoms with Crippen LogP contribution in [0.25, 0.3) is 5.70 Å². The monoisotopic (exact) mass is 237 g/mol. The third-order valence-electron chi connectivity index (χ3n) is 1.92. The van der Waals surface area contributed by atoms with Crippen LogP contribution in [0.5, 0.6) is 0 Å². The van der Waals surface area contributed by atoms with Crippen molar-refractivity contribution in [3.8, 4) is 0 Å². The summed E-state index contributed by atoms with van der Waals surface area (Å²) in [5.74, 6) is 0.815. The molecule has 1 aromatic rings. The Hall–Kier alpha value is -1.71. The Balaban J connectivity index is 0.000000581. The minimum Gasteiger partial charge on any atom is -0.361 e. The predicted molar refractivity (Wildman–Crippen MR) is 71.9 cm³/mol. The standard InChI is InChI=1S/C9H11N3O.2C2H6/c1-6-3-9(12-10-4-6)8-5-11-13-7(8)2;2*1-2/h3-5,10,12H,1-2H3;2*1-2H3. The quantitative estimate of drug-likeness (QED) is 0.786. The van der Waals surface area contributed by atoms with E-state index in [2.05, 4.69) is 16.0 Å². The third kappa shape index (κ3) is 4.34. The molecule has 2 rings (SSSR count). The Morgan fingerprint density at radius 3 is 2.24 bits per heavy atom. The molecule has 2 heterocycles. The Morgan fingerprint density at radius 1 is 1.12 bits per heavy atom. The summed E-state index contributed by atoms with van der Waals surface area (Å²) < 4.78 is 4.97.